The van der Waals surface area contributed by atoms with Gasteiger partial charge >= 0.3 is 5.97 Å². The van der Waals surface area contributed by atoms with Gasteiger partial charge in [-0.25, -0.2) is 0 Å². The minimum atomic E-state index is -0.809. The third-order valence-electron chi connectivity index (χ3n) is 3.97. The van der Waals surface area contributed by atoms with Gasteiger partial charge in [-0.1, -0.05) is 18.2 Å². The highest BCUT2D eigenvalue weighted by Crippen LogP contribution is 2.37. The van der Waals surface area contributed by atoms with Crippen molar-refractivity contribution in [3.05, 3.63) is 29.8 Å². The molecule has 1 aromatic carbocycles. The van der Waals surface area contributed by atoms with Crippen LogP contribution in [0.2, 0.25) is 0 Å². The van der Waals surface area contributed by atoms with Crippen LogP contribution in [0.3, 0.4) is 0 Å². The van der Waals surface area contributed by atoms with Crippen molar-refractivity contribution in [1.29, 1.82) is 0 Å². The zero-order chi connectivity index (χ0) is 14.8. The van der Waals surface area contributed by atoms with Crippen LogP contribution >= 0.6 is 11.8 Å². The maximum Gasteiger partial charge on any atom is 0.317 e. The number of rotatable bonds is 3. The van der Waals surface area contributed by atoms with E-state index in [0.717, 1.165) is 6.42 Å². The lowest BCUT2D eigenvalue weighted by atomic mass is 10.1. The van der Waals surface area contributed by atoms with E-state index in [9.17, 15) is 9.59 Å². The first-order valence-electron chi connectivity index (χ1n) is 7.11. The van der Waals surface area contributed by atoms with Crippen molar-refractivity contribution in [2.75, 3.05) is 32.7 Å². The number of benzene rings is 1. The van der Waals surface area contributed by atoms with Gasteiger partial charge in [0.1, 0.15) is 0 Å². The van der Waals surface area contributed by atoms with Gasteiger partial charge in [0, 0.05) is 31.1 Å². The molecule has 0 bridgehead atoms. The largest absolute Gasteiger partial charge is 0.480 e. The molecule has 1 atom stereocenters. The summed E-state index contributed by atoms with van der Waals surface area (Å²) < 4.78 is 0. The fourth-order valence-corrected chi connectivity index (χ4v) is 4.12. The lowest BCUT2D eigenvalue weighted by Gasteiger charge is -2.34. The number of nitrogens with zero attached hydrogens (tertiary/aromatic N) is 2. The summed E-state index contributed by atoms with van der Waals surface area (Å²) in [4.78, 5) is 28.2. The van der Waals surface area contributed by atoms with Gasteiger partial charge in [0.2, 0.25) is 5.91 Å². The topological polar surface area (TPSA) is 60.9 Å². The molecule has 1 fully saturated rings. The van der Waals surface area contributed by atoms with Gasteiger partial charge in [0.15, 0.2) is 0 Å². The van der Waals surface area contributed by atoms with Crippen LogP contribution < -0.4 is 0 Å². The SMILES string of the molecule is O=C(O)CN1CCN(C(=O)C2Cc3ccccc3S2)CC1. The summed E-state index contributed by atoms with van der Waals surface area (Å²) in [7, 11) is 0. The summed E-state index contributed by atoms with van der Waals surface area (Å²) in [6.07, 6.45) is 0.801. The molecule has 5 nitrogen and oxygen atoms in total. The molecule has 21 heavy (non-hydrogen) atoms. The summed E-state index contributed by atoms with van der Waals surface area (Å²) in [5, 5.41) is 8.77. The number of thioether (sulfide) groups is 1. The Morgan fingerprint density at radius 3 is 2.57 bits per heavy atom. The standard InChI is InChI=1S/C15H18N2O3S/c18-14(19)10-16-5-7-17(8-6-16)15(20)13-9-11-3-1-2-4-12(11)21-13/h1-4,13H,5-10H2,(H,18,19). The predicted octanol–water partition coefficient (Wildman–Crippen LogP) is 0.932. The molecule has 0 spiro atoms. The first-order chi connectivity index (χ1) is 10.1. The fraction of sp³-hybridized carbons (Fsp3) is 0.467. The Labute approximate surface area is 127 Å². The smallest absolute Gasteiger partial charge is 0.317 e. The molecule has 1 aromatic rings. The first-order valence-corrected chi connectivity index (χ1v) is 7.99. The molecular formula is C15H18N2O3S. The highest BCUT2D eigenvalue weighted by Gasteiger charge is 2.32. The zero-order valence-electron chi connectivity index (χ0n) is 11.7. The number of aliphatic carboxylic acids is 1. The highest BCUT2D eigenvalue weighted by molar-refractivity contribution is 8.01. The van der Waals surface area contributed by atoms with Crippen molar-refractivity contribution in [3.8, 4) is 0 Å². The summed E-state index contributed by atoms with van der Waals surface area (Å²) in [6, 6.07) is 8.17. The van der Waals surface area contributed by atoms with E-state index in [0.29, 0.717) is 26.2 Å². The van der Waals surface area contributed by atoms with E-state index < -0.39 is 5.97 Å². The Bertz CT molecular complexity index is 531. The number of hydrogen-bond acceptors (Lipinski definition) is 4. The van der Waals surface area contributed by atoms with E-state index in [2.05, 4.69) is 12.1 Å². The average molecular weight is 306 g/mol. The first kappa shape index (κ1) is 14.4. The van der Waals surface area contributed by atoms with E-state index >= 15 is 0 Å². The lowest BCUT2D eigenvalue weighted by molar-refractivity contribution is -0.139. The molecule has 1 saturated heterocycles. The molecule has 0 saturated carbocycles. The predicted molar refractivity (Wildman–Crippen MR) is 80.4 cm³/mol. The van der Waals surface area contributed by atoms with Crippen LogP contribution in [0.4, 0.5) is 0 Å². The number of piperazine rings is 1. The number of carboxylic acid groups (broad SMARTS) is 1. The minimum Gasteiger partial charge on any atom is -0.480 e. The van der Waals surface area contributed by atoms with Crippen LogP contribution in [0, 0.1) is 0 Å². The number of carbonyl (C=O) groups is 2. The van der Waals surface area contributed by atoms with E-state index in [-0.39, 0.29) is 17.7 Å². The molecule has 6 heteroatoms. The van der Waals surface area contributed by atoms with Crippen molar-refractivity contribution >= 4 is 23.6 Å². The van der Waals surface area contributed by atoms with Crippen LogP contribution in [0.1, 0.15) is 5.56 Å². The molecule has 3 rings (SSSR count). The number of carbonyl (C=O) groups excluding carboxylic acids is 1. The third kappa shape index (κ3) is 3.22. The quantitative estimate of drug-likeness (QED) is 0.900. The second kappa shape index (κ2) is 6.07. The van der Waals surface area contributed by atoms with Gasteiger partial charge in [-0.15, -0.1) is 11.8 Å². The Hall–Kier alpha value is -1.53. The lowest BCUT2D eigenvalue weighted by Crippen LogP contribution is -2.51. The van der Waals surface area contributed by atoms with Crippen molar-refractivity contribution in [1.82, 2.24) is 9.80 Å². The van der Waals surface area contributed by atoms with Crippen LogP contribution in [-0.4, -0.2) is 64.8 Å². The molecule has 0 radical (unpaired) electrons. The molecule has 0 aromatic heterocycles. The van der Waals surface area contributed by atoms with E-state index in [1.54, 1.807) is 11.8 Å². The second-order valence-corrected chi connectivity index (χ2v) is 6.66. The number of fused-ring (bicyclic) bond motifs is 1. The number of hydrogen-bond donors (Lipinski definition) is 1. The summed E-state index contributed by atoms with van der Waals surface area (Å²) in [5.41, 5.74) is 1.25. The molecule has 1 N–H and O–H groups in total. The molecule has 0 aliphatic carbocycles. The van der Waals surface area contributed by atoms with Crippen LogP contribution in [0.5, 0.6) is 0 Å². The Morgan fingerprint density at radius 1 is 1.19 bits per heavy atom. The molecule has 1 unspecified atom stereocenters. The highest BCUT2D eigenvalue weighted by atomic mass is 32.2. The molecular weight excluding hydrogens is 288 g/mol. The van der Waals surface area contributed by atoms with E-state index in [1.807, 2.05) is 21.9 Å². The van der Waals surface area contributed by atoms with Gasteiger partial charge in [-0.05, 0) is 18.1 Å². The van der Waals surface area contributed by atoms with E-state index in [1.165, 1.54) is 10.5 Å². The Morgan fingerprint density at radius 2 is 1.90 bits per heavy atom. The zero-order valence-corrected chi connectivity index (χ0v) is 12.5. The number of carboxylic acids is 1. The van der Waals surface area contributed by atoms with Crippen molar-refractivity contribution in [3.63, 3.8) is 0 Å². The molecule has 112 valence electrons. The Balaban J connectivity index is 1.55. The van der Waals surface area contributed by atoms with Crippen LogP contribution in [0.15, 0.2) is 29.2 Å². The molecule has 2 heterocycles. The van der Waals surface area contributed by atoms with Crippen molar-refractivity contribution in [2.24, 2.45) is 0 Å². The maximum atomic E-state index is 12.6. The van der Waals surface area contributed by atoms with Crippen molar-refractivity contribution in [2.45, 2.75) is 16.6 Å². The Kier molecular flexibility index (Phi) is 4.17. The molecule has 2 aliphatic rings. The summed E-state index contributed by atoms with van der Waals surface area (Å²) in [5.74, 6) is -0.622. The fourth-order valence-electron chi connectivity index (χ4n) is 2.84. The second-order valence-electron chi connectivity index (χ2n) is 5.41. The van der Waals surface area contributed by atoms with Crippen LogP contribution in [-0.2, 0) is 16.0 Å². The van der Waals surface area contributed by atoms with Gasteiger partial charge in [0.05, 0.1) is 11.8 Å². The van der Waals surface area contributed by atoms with Gasteiger partial charge in [-0.2, -0.15) is 0 Å². The van der Waals surface area contributed by atoms with E-state index in [4.69, 9.17) is 5.11 Å². The van der Waals surface area contributed by atoms with Gasteiger partial charge in [-0.3, -0.25) is 14.5 Å². The average Bonchev–Trinajstić information content (AvgIpc) is 2.90. The molecule has 2 aliphatic heterocycles. The maximum absolute atomic E-state index is 12.6. The summed E-state index contributed by atoms with van der Waals surface area (Å²) in [6.45, 7) is 2.59. The van der Waals surface area contributed by atoms with Crippen molar-refractivity contribution < 1.29 is 14.7 Å². The van der Waals surface area contributed by atoms with Gasteiger partial charge in [0.25, 0.3) is 0 Å². The normalized spacial score (nSPS) is 22.1. The van der Waals surface area contributed by atoms with Gasteiger partial charge < -0.3 is 10.0 Å². The minimum absolute atomic E-state index is 0.0200. The third-order valence-corrected chi connectivity index (χ3v) is 5.27. The summed E-state index contributed by atoms with van der Waals surface area (Å²) >= 11 is 1.65. The van der Waals surface area contributed by atoms with Crippen LogP contribution in [0.25, 0.3) is 0 Å². The monoisotopic (exact) mass is 306 g/mol. The number of amides is 1. The molecule has 1 amide bonds.